The van der Waals surface area contributed by atoms with Crippen LogP contribution in [-0.2, 0) is 24.8 Å². The van der Waals surface area contributed by atoms with Gasteiger partial charge in [0.25, 0.3) is 0 Å². The zero-order valence-electron chi connectivity index (χ0n) is 12.3. The van der Waals surface area contributed by atoms with E-state index in [0.717, 1.165) is 4.31 Å². The van der Waals surface area contributed by atoms with E-state index >= 15 is 0 Å². The fourth-order valence-electron chi connectivity index (χ4n) is 2.05. The van der Waals surface area contributed by atoms with Gasteiger partial charge in [-0.3, -0.25) is 4.79 Å². The van der Waals surface area contributed by atoms with Crippen LogP contribution in [0.15, 0.2) is 29.2 Å². The number of sulfonamides is 2. The van der Waals surface area contributed by atoms with E-state index < -0.39 is 26.0 Å². The average molecular weight is 346 g/mol. The first-order valence-electron chi connectivity index (χ1n) is 6.85. The fourth-order valence-corrected chi connectivity index (χ4v) is 4.83. The van der Waals surface area contributed by atoms with E-state index in [1.54, 1.807) is 6.92 Å². The Bertz CT molecular complexity index is 769. The molecular weight excluding hydrogens is 328 g/mol. The third-order valence-electron chi connectivity index (χ3n) is 3.43. The van der Waals surface area contributed by atoms with Crippen LogP contribution in [0.5, 0.6) is 0 Å². The Labute approximate surface area is 130 Å². The molecule has 0 spiro atoms. The van der Waals surface area contributed by atoms with Crippen LogP contribution in [0.3, 0.4) is 0 Å². The molecule has 1 saturated heterocycles. The van der Waals surface area contributed by atoms with Crippen LogP contribution >= 0.6 is 0 Å². The van der Waals surface area contributed by atoms with E-state index in [-0.39, 0.29) is 28.8 Å². The summed E-state index contributed by atoms with van der Waals surface area (Å²) in [5.74, 6) is -0.727. The van der Waals surface area contributed by atoms with Crippen LogP contribution in [0.25, 0.3) is 0 Å². The van der Waals surface area contributed by atoms with Crippen LogP contribution in [-0.4, -0.2) is 34.5 Å². The van der Waals surface area contributed by atoms with Gasteiger partial charge in [-0.1, -0.05) is 6.92 Å². The molecule has 0 saturated carbocycles. The summed E-state index contributed by atoms with van der Waals surface area (Å²) in [6, 6.07) is 5.03. The first-order valence-corrected chi connectivity index (χ1v) is 9.95. The summed E-state index contributed by atoms with van der Waals surface area (Å²) in [7, 11) is -7.30. The summed E-state index contributed by atoms with van der Waals surface area (Å²) in [4.78, 5) is 11.7. The Hall–Kier alpha value is -1.45. The number of carbonyl (C=O) groups excluding carboxylic acids is 1. The lowest BCUT2D eigenvalue weighted by Gasteiger charge is -2.16. The zero-order valence-corrected chi connectivity index (χ0v) is 13.9. The molecule has 7 nitrogen and oxygen atoms in total. The predicted molar refractivity (Wildman–Crippen MR) is 82.4 cm³/mol. The molecule has 9 heteroatoms. The smallest absolute Gasteiger partial charge is 0.242 e. The molecule has 1 aromatic carbocycles. The Balaban J connectivity index is 2.30. The number of anilines is 1. The van der Waals surface area contributed by atoms with Crippen LogP contribution in [0.4, 0.5) is 5.69 Å². The van der Waals surface area contributed by atoms with E-state index in [0.29, 0.717) is 6.42 Å². The molecule has 1 unspecified atom stereocenters. The van der Waals surface area contributed by atoms with Gasteiger partial charge in [0.2, 0.25) is 26.0 Å². The van der Waals surface area contributed by atoms with Crippen molar-refractivity contribution in [2.75, 3.05) is 10.1 Å². The van der Waals surface area contributed by atoms with Crippen molar-refractivity contribution in [3.63, 3.8) is 0 Å². The third-order valence-corrected chi connectivity index (χ3v) is 6.73. The van der Waals surface area contributed by atoms with Gasteiger partial charge in [0, 0.05) is 12.5 Å². The number of nitrogens with zero attached hydrogens (tertiary/aromatic N) is 1. The summed E-state index contributed by atoms with van der Waals surface area (Å²) < 4.78 is 51.1. The van der Waals surface area contributed by atoms with Crippen molar-refractivity contribution in [1.82, 2.24) is 4.72 Å². The van der Waals surface area contributed by atoms with E-state index in [4.69, 9.17) is 0 Å². The molecule has 0 aromatic heterocycles. The van der Waals surface area contributed by atoms with Crippen molar-refractivity contribution in [3.8, 4) is 0 Å². The topological polar surface area (TPSA) is 101 Å². The maximum atomic E-state index is 12.1. The molecule has 1 N–H and O–H groups in total. The summed E-state index contributed by atoms with van der Waals surface area (Å²) in [5, 5.41) is 0. The van der Waals surface area contributed by atoms with Crippen LogP contribution in [0, 0.1) is 0 Å². The minimum absolute atomic E-state index is 0.0283. The highest BCUT2D eigenvalue weighted by molar-refractivity contribution is 7.94. The molecule has 1 amide bonds. The number of nitrogens with one attached hydrogen (secondary N) is 1. The van der Waals surface area contributed by atoms with Gasteiger partial charge in [-0.25, -0.2) is 25.9 Å². The maximum Gasteiger partial charge on any atom is 0.242 e. The number of benzene rings is 1. The average Bonchev–Trinajstić information content (AvgIpc) is 2.72. The SMILES string of the molecule is CCC(C)NS(=O)(=O)c1ccc(N2C(=O)CCS2(=O)=O)cc1. The molecule has 1 heterocycles. The van der Waals surface area contributed by atoms with Crippen LogP contribution in [0.2, 0.25) is 0 Å². The highest BCUT2D eigenvalue weighted by atomic mass is 32.2. The Morgan fingerprint density at radius 2 is 1.86 bits per heavy atom. The molecule has 1 aliphatic heterocycles. The van der Waals surface area contributed by atoms with E-state index in [1.165, 1.54) is 24.3 Å². The largest absolute Gasteiger partial charge is 0.273 e. The van der Waals surface area contributed by atoms with E-state index in [1.807, 2.05) is 6.92 Å². The third kappa shape index (κ3) is 3.31. The Morgan fingerprint density at radius 3 is 2.32 bits per heavy atom. The Morgan fingerprint density at radius 1 is 1.27 bits per heavy atom. The number of carbonyl (C=O) groups is 1. The first-order chi connectivity index (χ1) is 10.2. The van der Waals surface area contributed by atoms with Gasteiger partial charge in [0.05, 0.1) is 16.3 Å². The molecule has 1 aromatic rings. The van der Waals surface area contributed by atoms with E-state index in [9.17, 15) is 21.6 Å². The number of amides is 1. The van der Waals surface area contributed by atoms with E-state index in [2.05, 4.69) is 4.72 Å². The van der Waals surface area contributed by atoms with Crippen molar-refractivity contribution >= 4 is 31.6 Å². The summed E-state index contributed by atoms with van der Waals surface area (Å²) in [6.45, 7) is 3.61. The normalized spacial score (nSPS) is 19.4. The highest BCUT2D eigenvalue weighted by Gasteiger charge is 2.36. The van der Waals surface area contributed by atoms with Gasteiger partial charge >= 0.3 is 0 Å². The van der Waals surface area contributed by atoms with Crippen LogP contribution < -0.4 is 9.03 Å². The quantitative estimate of drug-likeness (QED) is 0.851. The first kappa shape index (κ1) is 16.9. The molecule has 1 aliphatic rings. The van der Waals surface area contributed by atoms with Gasteiger partial charge in [0.1, 0.15) is 0 Å². The summed E-state index contributed by atoms with van der Waals surface area (Å²) >= 11 is 0. The molecule has 1 fully saturated rings. The molecule has 0 aliphatic carbocycles. The molecular formula is C13H18N2O5S2. The van der Waals surface area contributed by atoms with Crippen molar-refractivity contribution in [1.29, 1.82) is 0 Å². The van der Waals surface area contributed by atoms with Crippen LogP contribution in [0.1, 0.15) is 26.7 Å². The van der Waals surface area contributed by atoms with Gasteiger partial charge < -0.3 is 0 Å². The zero-order chi connectivity index (χ0) is 16.5. The van der Waals surface area contributed by atoms with Gasteiger partial charge in [-0.05, 0) is 37.6 Å². The van der Waals surface area contributed by atoms with Gasteiger partial charge in [-0.15, -0.1) is 0 Å². The van der Waals surface area contributed by atoms with Crippen molar-refractivity contribution in [3.05, 3.63) is 24.3 Å². The second-order valence-corrected chi connectivity index (χ2v) is 8.80. The lowest BCUT2D eigenvalue weighted by Crippen LogP contribution is -2.32. The molecule has 22 heavy (non-hydrogen) atoms. The molecule has 0 bridgehead atoms. The fraction of sp³-hybridized carbons (Fsp3) is 0.462. The van der Waals surface area contributed by atoms with Crippen molar-refractivity contribution in [2.45, 2.75) is 37.6 Å². The number of rotatable bonds is 5. The number of hydrogen-bond donors (Lipinski definition) is 1. The van der Waals surface area contributed by atoms with Gasteiger partial charge in [-0.2, -0.15) is 0 Å². The lowest BCUT2D eigenvalue weighted by atomic mass is 10.3. The van der Waals surface area contributed by atoms with Crippen molar-refractivity contribution < 1.29 is 21.6 Å². The second kappa shape index (κ2) is 5.98. The van der Waals surface area contributed by atoms with Gasteiger partial charge in [0.15, 0.2) is 0 Å². The molecule has 1 atom stereocenters. The minimum Gasteiger partial charge on any atom is -0.273 e. The monoisotopic (exact) mass is 346 g/mol. The molecule has 122 valence electrons. The summed E-state index contributed by atoms with van der Waals surface area (Å²) in [5.41, 5.74) is 0.157. The minimum atomic E-state index is -3.66. The standard InChI is InChI=1S/C13H18N2O5S2/c1-3-10(2)14-22(19,20)12-6-4-11(5-7-12)15-13(16)8-9-21(15,17)18/h4-7,10,14H,3,8-9H2,1-2H3. The predicted octanol–water partition coefficient (Wildman–Crippen LogP) is 0.830. The second-order valence-electron chi connectivity index (χ2n) is 5.15. The number of hydrogen-bond acceptors (Lipinski definition) is 5. The Kier molecular flexibility index (Phi) is 4.59. The molecule has 0 radical (unpaired) electrons. The van der Waals surface area contributed by atoms with Crippen molar-refractivity contribution in [2.24, 2.45) is 0 Å². The summed E-state index contributed by atoms with van der Waals surface area (Å²) in [6.07, 6.45) is 0.593. The maximum absolute atomic E-state index is 12.1. The molecule has 2 rings (SSSR count). The lowest BCUT2D eigenvalue weighted by molar-refractivity contribution is -0.116. The highest BCUT2D eigenvalue weighted by Crippen LogP contribution is 2.26.